The summed E-state index contributed by atoms with van der Waals surface area (Å²) in [5.74, 6) is 0.784. The summed E-state index contributed by atoms with van der Waals surface area (Å²) in [5, 5.41) is 2.91. The predicted molar refractivity (Wildman–Crippen MR) is 82.9 cm³/mol. The molecule has 0 aromatic carbocycles. The predicted octanol–water partition coefficient (Wildman–Crippen LogP) is 1.98. The van der Waals surface area contributed by atoms with Gasteiger partial charge in [0, 0.05) is 17.8 Å². The molecule has 1 amide bonds. The maximum atomic E-state index is 11.8. The summed E-state index contributed by atoms with van der Waals surface area (Å²) in [4.78, 5) is 23.0. The van der Waals surface area contributed by atoms with Crippen molar-refractivity contribution in [3.63, 3.8) is 0 Å². The van der Waals surface area contributed by atoms with E-state index in [1.54, 1.807) is 0 Å². The summed E-state index contributed by atoms with van der Waals surface area (Å²) >= 11 is 0. The van der Waals surface area contributed by atoms with E-state index in [2.05, 4.69) is 20.2 Å². The van der Waals surface area contributed by atoms with Crippen molar-refractivity contribution in [3.8, 4) is 0 Å². The average Bonchev–Trinajstić information content (AvgIpc) is 2.45. The van der Waals surface area contributed by atoms with Crippen LogP contribution in [0, 0.1) is 13.8 Å². The third-order valence-corrected chi connectivity index (χ3v) is 3.80. The number of nitrogens with zero attached hydrogens (tertiary/aromatic N) is 3. The molecule has 1 aromatic rings. The minimum absolute atomic E-state index is 0.0924. The van der Waals surface area contributed by atoms with Gasteiger partial charge in [-0.15, -0.1) is 0 Å². The van der Waals surface area contributed by atoms with Crippen molar-refractivity contribution in [2.45, 2.75) is 52.5 Å². The molecule has 1 aliphatic rings. The molecule has 0 saturated carbocycles. The van der Waals surface area contributed by atoms with E-state index in [1.165, 1.54) is 32.4 Å². The molecular formula is C16H26N4O. The lowest BCUT2D eigenvalue weighted by Crippen LogP contribution is -2.31. The summed E-state index contributed by atoms with van der Waals surface area (Å²) < 4.78 is 0. The number of hydrogen-bond acceptors (Lipinski definition) is 4. The summed E-state index contributed by atoms with van der Waals surface area (Å²) in [5.41, 5.74) is 1.88. The van der Waals surface area contributed by atoms with Gasteiger partial charge in [-0.2, -0.15) is 0 Å². The third-order valence-electron chi connectivity index (χ3n) is 3.80. The molecule has 1 N–H and O–H groups in total. The Morgan fingerprint density at radius 2 is 1.86 bits per heavy atom. The van der Waals surface area contributed by atoms with Crippen LogP contribution in [0.15, 0.2) is 6.07 Å². The number of aryl methyl sites for hydroxylation is 2. The number of hydrogen-bond donors (Lipinski definition) is 1. The molecule has 1 aliphatic heterocycles. The minimum atomic E-state index is 0.0924. The van der Waals surface area contributed by atoms with Gasteiger partial charge in [-0.3, -0.25) is 4.79 Å². The Balaban J connectivity index is 1.65. The molecule has 0 unspecified atom stereocenters. The molecule has 0 bridgehead atoms. The first-order valence-corrected chi connectivity index (χ1v) is 7.94. The fraction of sp³-hybridized carbons (Fsp3) is 0.688. The second-order valence-corrected chi connectivity index (χ2v) is 5.85. The topological polar surface area (TPSA) is 58.1 Å². The van der Waals surface area contributed by atoms with E-state index in [0.29, 0.717) is 18.8 Å². The molecular weight excluding hydrogens is 264 g/mol. The van der Waals surface area contributed by atoms with Gasteiger partial charge in [-0.25, -0.2) is 9.97 Å². The van der Waals surface area contributed by atoms with Crippen LogP contribution in [0.25, 0.3) is 0 Å². The van der Waals surface area contributed by atoms with Crippen LogP contribution in [0.3, 0.4) is 0 Å². The number of rotatable bonds is 6. The van der Waals surface area contributed by atoms with Crippen molar-refractivity contribution in [1.82, 2.24) is 20.2 Å². The van der Waals surface area contributed by atoms with Gasteiger partial charge in [-0.05, 0) is 58.8 Å². The summed E-state index contributed by atoms with van der Waals surface area (Å²) in [6.45, 7) is 7.73. The Morgan fingerprint density at radius 3 is 2.52 bits per heavy atom. The van der Waals surface area contributed by atoms with Crippen molar-refractivity contribution in [1.29, 1.82) is 0 Å². The van der Waals surface area contributed by atoms with Crippen LogP contribution >= 0.6 is 0 Å². The van der Waals surface area contributed by atoms with Gasteiger partial charge < -0.3 is 10.2 Å². The highest BCUT2D eigenvalue weighted by atomic mass is 16.1. The van der Waals surface area contributed by atoms with Gasteiger partial charge >= 0.3 is 0 Å². The van der Waals surface area contributed by atoms with E-state index in [1.807, 2.05) is 19.9 Å². The molecule has 5 nitrogen and oxygen atoms in total. The lowest BCUT2D eigenvalue weighted by molar-refractivity contribution is -0.121. The van der Waals surface area contributed by atoms with Crippen LogP contribution in [-0.2, 0) is 11.3 Å². The highest BCUT2D eigenvalue weighted by Gasteiger charge is 2.10. The molecule has 5 heteroatoms. The number of nitrogens with one attached hydrogen (secondary N) is 1. The first-order chi connectivity index (χ1) is 10.1. The van der Waals surface area contributed by atoms with Crippen LogP contribution in [0.1, 0.15) is 49.3 Å². The van der Waals surface area contributed by atoms with Crippen LogP contribution < -0.4 is 5.32 Å². The molecule has 0 aliphatic carbocycles. The number of carbonyl (C=O) groups is 1. The van der Waals surface area contributed by atoms with E-state index in [4.69, 9.17) is 0 Å². The van der Waals surface area contributed by atoms with Gasteiger partial charge in [0.05, 0.1) is 6.54 Å². The standard InChI is InChI=1S/C16H26N4O/c1-13-11-14(2)19-15(18-13)12-17-16(21)7-6-10-20-8-4-3-5-9-20/h11H,3-10,12H2,1-2H3,(H,17,21). The molecule has 1 aromatic heterocycles. The maximum Gasteiger partial charge on any atom is 0.220 e. The van der Waals surface area contributed by atoms with Gasteiger partial charge in [0.2, 0.25) is 5.91 Å². The molecule has 0 atom stereocenters. The fourth-order valence-corrected chi connectivity index (χ4v) is 2.79. The molecule has 1 fully saturated rings. The average molecular weight is 290 g/mol. The molecule has 1 saturated heterocycles. The lowest BCUT2D eigenvalue weighted by atomic mass is 10.1. The second-order valence-electron chi connectivity index (χ2n) is 5.85. The minimum Gasteiger partial charge on any atom is -0.349 e. The lowest BCUT2D eigenvalue weighted by Gasteiger charge is -2.26. The number of carbonyl (C=O) groups excluding carboxylic acids is 1. The van der Waals surface area contributed by atoms with Crippen LogP contribution in [0.5, 0.6) is 0 Å². The van der Waals surface area contributed by atoms with Gasteiger partial charge in [-0.1, -0.05) is 6.42 Å². The van der Waals surface area contributed by atoms with Crippen LogP contribution in [0.2, 0.25) is 0 Å². The van der Waals surface area contributed by atoms with E-state index >= 15 is 0 Å². The monoisotopic (exact) mass is 290 g/mol. The molecule has 21 heavy (non-hydrogen) atoms. The number of piperidine rings is 1. The van der Waals surface area contributed by atoms with Crippen LogP contribution in [-0.4, -0.2) is 40.4 Å². The molecule has 2 rings (SSSR count). The smallest absolute Gasteiger partial charge is 0.220 e. The normalized spacial score (nSPS) is 15.9. The maximum absolute atomic E-state index is 11.8. The largest absolute Gasteiger partial charge is 0.349 e. The number of likely N-dealkylation sites (tertiary alicyclic amines) is 1. The summed E-state index contributed by atoms with van der Waals surface area (Å²) in [7, 11) is 0. The van der Waals surface area contributed by atoms with Crippen molar-refractivity contribution in [2.24, 2.45) is 0 Å². The van der Waals surface area contributed by atoms with Crippen molar-refractivity contribution in [2.75, 3.05) is 19.6 Å². The van der Waals surface area contributed by atoms with Gasteiger partial charge in [0.1, 0.15) is 5.82 Å². The first kappa shape index (κ1) is 15.9. The quantitative estimate of drug-likeness (QED) is 0.870. The molecule has 116 valence electrons. The fourth-order valence-electron chi connectivity index (χ4n) is 2.79. The van der Waals surface area contributed by atoms with Crippen molar-refractivity contribution < 1.29 is 4.79 Å². The molecule has 0 spiro atoms. The Morgan fingerprint density at radius 1 is 1.19 bits per heavy atom. The second kappa shape index (κ2) is 8.08. The number of amides is 1. The van der Waals surface area contributed by atoms with Crippen molar-refractivity contribution >= 4 is 5.91 Å². The van der Waals surface area contributed by atoms with Crippen molar-refractivity contribution in [3.05, 3.63) is 23.3 Å². The zero-order valence-electron chi connectivity index (χ0n) is 13.2. The van der Waals surface area contributed by atoms with Gasteiger partial charge in [0.25, 0.3) is 0 Å². The van der Waals surface area contributed by atoms with E-state index in [9.17, 15) is 4.79 Å². The summed E-state index contributed by atoms with van der Waals surface area (Å²) in [6.07, 6.45) is 5.47. The zero-order chi connectivity index (χ0) is 15.1. The zero-order valence-corrected chi connectivity index (χ0v) is 13.2. The highest BCUT2D eigenvalue weighted by molar-refractivity contribution is 5.75. The Hall–Kier alpha value is -1.49. The highest BCUT2D eigenvalue weighted by Crippen LogP contribution is 2.09. The first-order valence-electron chi connectivity index (χ1n) is 7.94. The molecule has 0 radical (unpaired) electrons. The van der Waals surface area contributed by atoms with E-state index in [-0.39, 0.29) is 5.91 Å². The third kappa shape index (κ3) is 5.79. The van der Waals surface area contributed by atoms with E-state index < -0.39 is 0 Å². The Labute approximate surface area is 127 Å². The molecule has 2 heterocycles. The SMILES string of the molecule is Cc1cc(C)nc(CNC(=O)CCCN2CCCCC2)n1. The number of aromatic nitrogens is 2. The van der Waals surface area contributed by atoms with E-state index in [0.717, 1.165) is 24.4 Å². The van der Waals surface area contributed by atoms with Gasteiger partial charge in [0.15, 0.2) is 0 Å². The van der Waals surface area contributed by atoms with Crippen LogP contribution in [0.4, 0.5) is 0 Å². The Bertz CT molecular complexity index is 449. The summed E-state index contributed by atoms with van der Waals surface area (Å²) in [6, 6.07) is 1.93. The Kier molecular flexibility index (Phi) is 6.11.